The monoisotopic (exact) mass is 257 g/mol. The number of nitrogen functional groups attached to an aromatic ring is 1. The molecule has 2 rings (SSSR count). The predicted octanol–water partition coefficient (Wildman–Crippen LogP) is 3.73. The van der Waals surface area contributed by atoms with Crippen molar-refractivity contribution < 1.29 is 0 Å². The van der Waals surface area contributed by atoms with E-state index in [1.165, 1.54) is 0 Å². The van der Waals surface area contributed by atoms with Crippen LogP contribution in [0.15, 0.2) is 42.5 Å². The van der Waals surface area contributed by atoms with E-state index in [9.17, 15) is 0 Å². The van der Waals surface area contributed by atoms with Crippen LogP contribution in [0, 0.1) is 11.3 Å². The molecule has 0 atom stereocenters. The minimum atomic E-state index is 0.411. The van der Waals surface area contributed by atoms with Crippen molar-refractivity contribution in [3.63, 3.8) is 0 Å². The Labute approximate surface area is 111 Å². The largest absolute Gasteiger partial charge is 0.397 e. The molecule has 2 aromatic rings. The van der Waals surface area contributed by atoms with Crippen molar-refractivity contribution in [2.24, 2.45) is 0 Å². The minimum absolute atomic E-state index is 0.411. The fourth-order valence-corrected chi connectivity index (χ4v) is 1.84. The van der Waals surface area contributed by atoms with Gasteiger partial charge in [0.15, 0.2) is 0 Å². The van der Waals surface area contributed by atoms with Crippen LogP contribution >= 0.6 is 11.6 Å². The lowest BCUT2D eigenvalue weighted by molar-refractivity contribution is 1.26. The second-order valence-corrected chi connectivity index (χ2v) is 4.27. The van der Waals surface area contributed by atoms with Crippen LogP contribution in [0.25, 0.3) is 0 Å². The summed E-state index contributed by atoms with van der Waals surface area (Å²) in [5.41, 5.74) is 9.03. The van der Waals surface area contributed by atoms with E-state index in [0.29, 0.717) is 22.8 Å². The summed E-state index contributed by atoms with van der Waals surface area (Å²) in [5, 5.41) is 12.3. The number of benzene rings is 2. The first-order valence-electron chi connectivity index (χ1n) is 5.47. The maximum absolute atomic E-state index is 8.60. The van der Waals surface area contributed by atoms with Gasteiger partial charge >= 0.3 is 0 Å². The Morgan fingerprint density at radius 1 is 1.17 bits per heavy atom. The van der Waals surface area contributed by atoms with Gasteiger partial charge in [0.1, 0.15) is 0 Å². The standard InChI is InChI=1S/C14H12ClN3/c15-12-2-1-3-13(17)14(12)18-11-6-4-10(5-7-11)8-9-16/h1-7,18H,8,17H2. The second kappa shape index (κ2) is 5.44. The molecule has 3 N–H and O–H groups in total. The van der Waals surface area contributed by atoms with Crippen LogP contribution in [0.1, 0.15) is 5.56 Å². The van der Waals surface area contributed by atoms with Gasteiger partial charge in [-0.2, -0.15) is 5.26 Å². The van der Waals surface area contributed by atoms with Gasteiger partial charge in [0.05, 0.1) is 28.9 Å². The second-order valence-electron chi connectivity index (χ2n) is 3.86. The molecule has 0 bridgehead atoms. The van der Waals surface area contributed by atoms with Crippen molar-refractivity contribution in [2.45, 2.75) is 6.42 Å². The van der Waals surface area contributed by atoms with Gasteiger partial charge in [0.2, 0.25) is 0 Å². The maximum Gasteiger partial charge on any atom is 0.0807 e. The number of hydrogen-bond donors (Lipinski definition) is 2. The molecule has 0 saturated carbocycles. The highest BCUT2D eigenvalue weighted by atomic mass is 35.5. The molecule has 90 valence electrons. The average Bonchev–Trinajstić information content (AvgIpc) is 2.36. The molecule has 0 radical (unpaired) electrons. The fraction of sp³-hybridized carbons (Fsp3) is 0.0714. The van der Waals surface area contributed by atoms with Crippen LogP contribution < -0.4 is 11.1 Å². The predicted molar refractivity (Wildman–Crippen MR) is 74.9 cm³/mol. The summed E-state index contributed by atoms with van der Waals surface area (Å²) in [7, 11) is 0. The first-order valence-corrected chi connectivity index (χ1v) is 5.85. The topological polar surface area (TPSA) is 61.8 Å². The third-order valence-corrected chi connectivity index (χ3v) is 2.87. The molecule has 0 aromatic heterocycles. The summed E-state index contributed by atoms with van der Waals surface area (Å²) in [5.74, 6) is 0. The van der Waals surface area contributed by atoms with E-state index in [2.05, 4.69) is 11.4 Å². The first kappa shape index (κ1) is 12.3. The summed E-state index contributed by atoms with van der Waals surface area (Å²) in [6.45, 7) is 0. The number of nitrogens with two attached hydrogens (primary N) is 1. The number of rotatable bonds is 3. The number of halogens is 1. The van der Waals surface area contributed by atoms with Crippen molar-refractivity contribution in [1.29, 1.82) is 5.26 Å². The number of para-hydroxylation sites is 1. The third-order valence-electron chi connectivity index (χ3n) is 2.55. The summed E-state index contributed by atoms with van der Waals surface area (Å²) in [6, 6.07) is 15.1. The molecule has 3 nitrogen and oxygen atoms in total. The summed E-state index contributed by atoms with van der Waals surface area (Å²) < 4.78 is 0. The van der Waals surface area contributed by atoms with Crippen molar-refractivity contribution in [2.75, 3.05) is 11.1 Å². The molecule has 0 amide bonds. The van der Waals surface area contributed by atoms with Crippen molar-refractivity contribution >= 4 is 28.7 Å². The quantitative estimate of drug-likeness (QED) is 0.824. The molecular formula is C14H12ClN3. The number of anilines is 3. The van der Waals surface area contributed by atoms with Crippen LogP contribution in [-0.2, 0) is 6.42 Å². The first-order chi connectivity index (χ1) is 8.70. The van der Waals surface area contributed by atoms with E-state index in [1.54, 1.807) is 18.2 Å². The molecule has 18 heavy (non-hydrogen) atoms. The molecule has 2 aromatic carbocycles. The number of hydrogen-bond acceptors (Lipinski definition) is 3. The maximum atomic E-state index is 8.60. The normalized spacial score (nSPS) is 9.78. The molecule has 0 saturated heterocycles. The highest BCUT2D eigenvalue weighted by Crippen LogP contribution is 2.30. The average molecular weight is 258 g/mol. The summed E-state index contributed by atoms with van der Waals surface area (Å²) >= 11 is 6.07. The van der Waals surface area contributed by atoms with E-state index in [0.717, 1.165) is 11.3 Å². The Hall–Kier alpha value is -2.18. The smallest absolute Gasteiger partial charge is 0.0807 e. The zero-order chi connectivity index (χ0) is 13.0. The molecule has 0 aliphatic rings. The summed E-state index contributed by atoms with van der Waals surface area (Å²) in [4.78, 5) is 0. The van der Waals surface area contributed by atoms with E-state index in [-0.39, 0.29) is 0 Å². The van der Waals surface area contributed by atoms with Crippen LogP contribution in [0.4, 0.5) is 17.1 Å². The number of nitrogens with zero attached hydrogens (tertiary/aromatic N) is 1. The molecule has 0 aliphatic heterocycles. The highest BCUT2D eigenvalue weighted by Gasteiger charge is 2.04. The van der Waals surface area contributed by atoms with Crippen LogP contribution in [0.5, 0.6) is 0 Å². The van der Waals surface area contributed by atoms with E-state index < -0.39 is 0 Å². The number of nitrogens with one attached hydrogen (secondary N) is 1. The lowest BCUT2D eigenvalue weighted by Gasteiger charge is -2.11. The highest BCUT2D eigenvalue weighted by molar-refractivity contribution is 6.34. The lowest BCUT2D eigenvalue weighted by Crippen LogP contribution is -1.97. The van der Waals surface area contributed by atoms with Gasteiger partial charge in [-0.3, -0.25) is 0 Å². The molecule has 0 heterocycles. The Morgan fingerprint density at radius 2 is 1.89 bits per heavy atom. The molecule has 4 heteroatoms. The van der Waals surface area contributed by atoms with Crippen molar-refractivity contribution in [3.05, 3.63) is 53.1 Å². The third kappa shape index (κ3) is 2.73. The van der Waals surface area contributed by atoms with E-state index in [4.69, 9.17) is 22.6 Å². The minimum Gasteiger partial charge on any atom is -0.397 e. The van der Waals surface area contributed by atoms with Crippen molar-refractivity contribution in [1.82, 2.24) is 0 Å². The molecule has 0 aliphatic carbocycles. The Bertz CT molecular complexity index is 565. The summed E-state index contributed by atoms with van der Waals surface area (Å²) in [6.07, 6.45) is 0.411. The van der Waals surface area contributed by atoms with Gasteiger partial charge in [-0.1, -0.05) is 29.8 Å². The van der Waals surface area contributed by atoms with Gasteiger partial charge in [-0.05, 0) is 29.8 Å². The van der Waals surface area contributed by atoms with Gasteiger partial charge < -0.3 is 11.1 Å². The molecule has 0 fully saturated rings. The molecular weight excluding hydrogens is 246 g/mol. The van der Waals surface area contributed by atoms with E-state index >= 15 is 0 Å². The van der Waals surface area contributed by atoms with Crippen LogP contribution in [-0.4, -0.2) is 0 Å². The van der Waals surface area contributed by atoms with Crippen LogP contribution in [0.3, 0.4) is 0 Å². The van der Waals surface area contributed by atoms with Gasteiger partial charge in [-0.15, -0.1) is 0 Å². The molecule has 0 spiro atoms. The fourth-order valence-electron chi connectivity index (χ4n) is 1.61. The van der Waals surface area contributed by atoms with Gasteiger partial charge in [0, 0.05) is 5.69 Å². The SMILES string of the molecule is N#CCc1ccc(Nc2c(N)cccc2Cl)cc1. The lowest BCUT2D eigenvalue weighted by atomic mass is 10.1. The van der Waals surface area contributed by atoms with E-state index in [1.807, 2.05) is 24.3 Å². The Kier molecular flexibility index (Phi) is 3.71. The van der Waals surface area contributed by atoms with Gasteiger partial charge in [-0.25, -0.2) is 0 Å². The zero-order valence-electron chi connectivity index (χ0n) is 9.65. The van der Waals surface area contributed by atoms with Crippen molar-refractivity contribution in [3.8, 4) is 6.07 Å². The Balaban J connectivity index is 2.22. The zero-order valence-corrected chi connectivity index (χ0v) is 10.4. The van der Waals surface area contributed by atoms with Crippen LogP contribution in [0.2, 0.25) is 5.02 Å². The van der Waals surface area contributed by atoms with Gasteiger partial charge in [0.25, 0.3) is 0 Å². The number of nitriles is 1. The Morgan fingerprint density at radius 3 is 2.50 bits per heavy atom. The molecule has 0 unspecified atom stereocenters.